The summed E-state index contributed by atoms with van der Waals surface area (Å²) in [4.78, 5) is 12.5. The Hall–Kier alpha value is -1.76. The Kier molecular flexibility index (Phi) is 6.28. The van der Waals surface area contributed by atoms with E-state index in [1.165, 1.54) is 38.3 Å². The van der Waals surface area contributed by atoms with E-state index in [2.05, 4.69) is 78.5 Å². The largest absolute Gasteiger partial charge is 0.305 e. The molecular weight excluding hydrogens is 372 g/mol. The minimum Gasteiger partial charge on any atom is -0.305 e. The van der Waals surface area contributed by atoms with Crippen LogP contribution in [0.1, 0.15) is 38.6 Å². The lowest BCUT2D eigenvalue weighted by molar-refractivity contribution is 0.0124. The lowest BCUT2D eigenvalue weighted by Gasteiger charge is -2.47. The first kappa shape index (κ1) is 21.5. The highest BCUT2D eigenvalue weighted by Crippen LogP contribution is 2.24. The average molecular weight is 411 g/mol. The van der Waals surface area contributed by atoms with Gasteiger partial charge in [0.1, 0.15) is 5.82 Å². The van der Waals surface area contributed by atoms with Crippen molar-refractivity contribution >= 4 is 0 Å². The van der Waals surface area contributed by atoms with E-state index in [0.29, 0.717) is 6.04 Å². The number of fused-ring (bicyclic) bond motifs is 3. The van der Waals surface area contributed by atoms with Gasteiger partial charge in [0.2, 0.25) is 0 Å². The Labute approximate surface area is 181 Å². The van der Waals surface area contributed by atoms with Crippen LogP contribution in [0, 0.1) is 5.41 Å². The van der Waals surface area contributed by atoms with Crippen LogP contribution in [0.2, 0.25) is 0 Å². The minimum absolute atomic E-state index is 0.288. The van der Waals surface area contributed by atoms with Gasteiger partial charge in [-0.25, -0.2) is 9.67 Å². The Morgan fingerprint density at radius 1 is 1.03 bits per heavy atom. The van der Waals surface area contributed by atoms with Gasteiger partial charge in [0.25, 0.3) is 0 Å². The summed E-state index contributed by atoms with van der Waals surface area (Å²) < 4.78 is 2.19. The Balaban J connectivity index is 1.55. The van der Waals surface area contributed by atoms with E-state index in [-0.39, 0.29) is 5.41 Å². The summed E-state index contributed by atoms with van der Waals surface area (Å²) in [5.41, 5.74) is 2.72. The van der Waals surface area contributed by atoms with Gasteiger partial charge in [0.15, 0.2) is 5.82 Å². The van der Waals surface area contributed by atoms with Crippen LogP contribution in [0.3, 0.4) is 0 Å². The molecular formula is C24H38N6. The van der Waals surface area contributed by atoms with Gasteiger partial charge in [-0.15, -0.1) is 0 Å². The summed E-state index contributed by atoms with van der Waals surface area (Å²) in [7, 11) is 4.20. The zero-order chi connectivity index (χ0) is 21.3. The molecule has 1 unspecified atom stereocenters. The van der Waals surface area contributed by atoms with Crippen molar-refractivity contribution in [2.75, 3.05) is 46.8 Å². The van der Waals surface area contributed by atoms with Gasteiger partial charge in [-0.1, -0.05) is 45.0 Å². The standard InChI is InChI=1S/C24H38N6/c1-24(2,3)10-11-30-22(16-21-18-28-12-14-29(21)15-13-28)25-23(26-30)20-8-6-19(7-9-20)17-27(4)5/h6-9,21H,10-18H2,1-5H3. The van der Waals surface area contributed by atoms with Crippen molar-refractivity contribution in [1.82, 2.24) is 29.5 Å². The van der Waals surface area contributed by atoms with E-state index < -0.39 is 0 Å². The molecule has 3 fully saturated rings. The normalized spacial score (nSPS) is 24.0. The van der Waals surface area contributed by atoms with Crippen molar-refractivity contribution in [3.05, 3.63) is 35.7 Å². The maximum atomic E-state index is 5.05. The van der Waals surface area contributed by atoms with Crippen LogP contribution in [-0.2, 0) is 19.5 Å². The van der Waals surface area contributed by atoms with Crippen LogP contribution in [0.4, 0.5) is 0 Å². The second-order valence-corrected chi connectivity index (χ2v) is 10.5. The number of nitrogens with zero attached hydrogens (tertiary/aromatic N) is 6. The van der Waals surface area contributed by atoms with Crippen molar-refractivity contribution < 1.29 is 0 Å². The Morgan fingerprint density at radius 3 is 2.30 bits per heavy atom. The van der Waals surface area contributed by atoms with Gasteiger partial charge in [-0.2, -0.15) is 5.10 Å². The van der Waals surface area contributed by atoms with Gasteiger partial charge in [-0.05, 0) is 31.5 Å². The Morgan fingerprint density at radius 2 is 1.73 bits per heavy atom. The number of piperazine rings is 3. The van der Waals surface area contributed by atoms with E-state index in [1.807, 2.05) is 0 Å². The van der Waals surface area contributed by atoms with Crippen LogP contribution in [-0.4, -0.2) is 82.3 Å². The number of rotatable bonds is 7. The first-order valence-corrected chi connectivity index (χ1v) is 11.4. The van der Waals surface area contributed by atoms with Crippen LogP contribution in [0.5, 0.6) is 0 Å². The molecule has 1 aromatic heterocycles. The molecule has 30 heavy (non-hydrogen) atoms. The predicted molar refractivity (Wildman–Crippen MR) is 122 cm³/mol. The monoisotopic (exact) mass is 410 g/mol. The van der Waals surface area contributed by atoms with Crippen LogP contribution < -0.4 is 0 Å². The fourth-order valence-electron chi connectivity index (χ4n) is 4.52. The van der Waals surface area contributed by atoms with E-state index in [0.717, 1.165) is 43.1 Å². The van der Waals surface area contributed by atoms with Gasteiger partial charge >= 0.3 is 0 Å². The maximum Gasteiger partial charge on any atom is 0.181 e. The van der Waals surface area contributed by atoms with Crippen molar-refractivity contribution in [3.63, 3.8) is 0 Å². The third kappa shape index (κ3) is 5.29. The van der Waals surface area contributed by atoms with E-state index >= 15 is 0 Å². The molecule has 3 aliphatic rings. The topological polar surface area (TPSA) is 40.4 Å². The fourth-order valence-corrected chi connectivity index (χ4v) is 4.52. The lowest BCUT2D eigenvalue weighted by atomic mass is 9.92. The summed E-state index contributed by atoms with van der Waals surface area (Å²) in [5.74, 6) is 2.01. The highest BCUT2D eigenvalue weighted by Gasteiger charge is 2.33. The molecule has 6 heteroatoms. The first-order chi connectivity index (χ1) is 14.3. The van der Waals surface area contributed by atoms with Gasteiger partial charge in [0, 0.05) is 63.8 Å². The molecule has 164 valence electrons. The molecule has 0 radical (unpaired) electrons. The predicted octanol–water partition coefficient (Wildman–Crippen LogP) is 2.99. The molecule has 1 aromatic carbocycles. The molecule has 0 saturated carbocycles. The van der Waals surface area contributed by atoms with Crippen molar-refractivity contribution in [1.29, 1.82) is 0 Å². The molecule has 2 bridgehead atoms. The van der Waals surface area contributed by atoms with Gasteiger partial charge in [0.05, 0.1) is 0 Å². The smallest absolute Gasteiger partial charge is 0.181 e. The number of aromatic nitrogens is 3. The lowest BCUT2D eigenvalue weighted by Crippen LogP contribution is -2.61. The van der Waals surface area contributed by atoms with Gasteiger partial charge in [-0.3, -0.25) is 9.80 Å². The second-order valence-electron chi connectivity index (χ2n) is 10.5. The molecule has 6 nitrogen and oxygen atoms in total. The average Bonchev–Trinajstić information content (AvgIpc) is 3.10. The zero-order valence-corrected chi connectivity index (χ0v) is 19.4. The highest BCUT2D eigenvalue weighted by molar-refractivity contribution is 5.55. The summed E-state index contributed by atoms with van der Waals surface area (Å²) >= 11 is 0. The highest BCUT2D eigenvalue weighted by atomic mass is 15.4. The minimum atomic E-state index is 0.288. The van der Waals surface area contributed by atoms with Crippen molar-refractivity contribution in [2.45, 2.75) is 52.7 Å². The number of benzene rings is 1. The SMILES string of the molecule is CN(C)Cc1ccc(-c2nc(CC3CN4CCN3CC4)n(CCC(C)(C)C)n2)cc1. The van der Waals surface area contributed by atoms with Crippen molar-refractivity contribution in [2.24, 2.45) is 5.41 Å². The molecule has 5 rings (SSSR count). The molecule has 4 heterocycles. The summed E-state index contributed by atoms with van der Waals surface area (Å²) in [6, 6.07) is 9.31. The first-order valence-electron chi connectivity index (χ1n) is 11.4. The Bertz CT molecular complexity index is 824. The van der Waals surface area contributed by atoms with E-state index in [4.69, 9.17) is 10.1 Å². The number of hydrogen-bond donors (Lipinski definition) is 0. The maximum absolute atomic E-state index is 5.05. The molecule has 0 amide bonds. The van der Waals surface area contributed by atoms with Crippen LogP contribution in [0.25, 0.3) is 11.4 Å². The summed E-state index contributed by atoms with van der Waals surface area (Å²) in [6.07, 6.45) is 2.09. The molecule has 0 N–H and O–H groups in total. The zero-order valence-electron chi connectivity index (χ0n) is 19.4. The van der Waals surface area contributed by atoms with Gasteiger partial charge < -0.3 is 4.90 Å². The third-order valence-corrected chi connectivity index (χ3v) is 6.34. The summed E-state index contributed by atoms with van der Waals surface area (Å²) in [6.45, 7) is 14.8. The molecule has 1 atom stereocenters. The second kappa shape index (κ2) is 8.77. The quantitative estimate of drug-likeness (QED) is 0.702. The van der Waals surface area contributed by atoms with E-state index in [1.54, 1.807) is 0 Å². The number of aryl methyl sites for hydroxylation is 1. The van der Waals surface area contributed by atoms with Crippen LogP contribution >= 0.6 is 0 Å². The molecule has 3 saturated heterocycles. The fraction of sp³-hybridized carbons (Fsp3) is 0.667. The third-order valence-electron chi connectivity index (χ3n) is 6.34. The van der Waals surface area contributed by atoms with Crippen LogP contribution in [0.15, 0.2) is 24.3 Å². The summed E-state index contributed by atoms with van der Waals surface area (Å²) in [5, 5.41) is 4.96. The molecule has 0 spiro atoms. The molecule has 3 aliphatic heterocycles. The van der Waals surface area contributed by atoms with E-state index in [9.17, 15) is 0 Å². The molecule has 0 aliphatic carbocycles. The molecule has 2 aromatic rings. The number of hydrogen-bond acceptors (Lipinski definition) is 5. The van der Waals surface area contributed by atoms with Crippen molar-refractivity contribution in [3.8, 4) is 11.4 Å².